The van der Waals surface area contributed by atoms with E-state index in [1.54, 1.807) is 0 Å². The molecule has 2 aliphatic carbocycles. The molecule has 0 unspecified atom stereocenters. The van der Waals surface area contributed by atoms with Gasteiger partial charge in [-0.15, -0.1) is 0 Å². The van der Waals surface area contributed by atoms with Gasteiger partial charge in [-0.25, -0.2) is 0 Å². The van der Waals surface area contributed by atoms with Crippen LogP contribution in [0.4, 0.5) is 0 Å². The van der Waals surface area contributed by atoms with E-state index in [4.69, 9.17) is 0 Å². The van der Waals surface area contributed by atoms with E-state index in [0.717, 1.165) is 44.9 Å². The predicted octanol–water partition coefficient (Wildman–Crippen LogP) is 8.79. The summed E-state index contributed by atoms with van der Waals surface area (Å²) in [5.41, 5.74) is 5.14. The van der Waals surface area contributed by atoms with E-state index in [1.807, 2.05) is 0 Å². The highest BCUT2D eigenvalue weighted by Crippen LogP contribution is 2.50. The molecule has 180 valence electrons. The minimum atomic E-state index is -0.274. The Labute approximate surface area is 206 Å². The molecule has 2 aliphatic rings. The fraction of sp³-hybridized carbons (Fsp3) is 0.562. The Hall–Kier alpha value is -2.40. The number of hydrogen-bond donors (Lipinski definition) is 0. The van der Waals surface area contributed by atoms with E-state index in [0.29, 0.717) is 18.1 Å². The highest BCUT2D eigenvalue weighted by atomic mass is 16.1. The van der Waals surface area contributed by atoms with Gasteiger partial charge in [-0.3, -0.25) is 4.79 Å². The number of rotatable bonds is 9. The standard InChI is InChI=1S/C32H41NO/c1-2-3-4-5-6-8-25-11-13-26(14-12-25)27-15-17-28(18-16-27)29-19-21-32(24-33,22-20-29)30-9-7-10-31(34)23-30/h11-18,29-30H,2-10,19-23H2,1H3/t29-,30-,32+/m1/s1. The minimum Gasteiger partial charge on any atom is -0.300 e. The average Bonchev–Trinajstić information content (AvgIpc) is 2.89. The van der Waals surface area contributed by atoms with E-state index < -0.39 is 0 Å². The van der Waals surface area contributed by atoms with Crippen molar-refractivity contribution < 1.29 is 4.79 Å². The third kappa shape index (κ3) is 5.99. The first-order valence-electron chi connectivity index (χ1n) is 13.8. The largest absolute Gasteiger partial charge is 0.300 e. The molecule has 4 rings (SSSR count). The van der Waals surface area contributed by atoms with Crippen LogP contribution >= 0.6 is 0 Å². The lowest BCUT2D eigenvalue weighted by atomic mass is 9.60. The van der Waals surface area contributed by atoms with Crippen molar-refractivity contribution >= 4 is 5.78 Å². The molecule has 34 heavy (non-hydrogen) atoms. The zero-order valence-electron chi connectivity index (χ0n) is 21.0. The summed E-state index contributed by atoms with van der Waals surface area (Å²) >= 11 is 0. The molecule has 0 aliphatic heterocycles. The number of aryl methyl sites for hydroxylation is 1. The van der Waals surface area contributed by atoms with Crippen LogP contribution in [0.5, 0.6) is 0 Å². The third-order valence-electron chi connectivity index (χ3n) is 8.60. The number of Topliss-reactive ketones (excluding diaryl/α,β-unsaturated/α-hetero) is 1. The summed E-state index contributed by atoms with van der Waals surface area (Å²) in [4.78, 5) is 12.0. The van der Waals surface area contributed by atoms with Gasteiger partial charge >= 0.3 is 0 Å². The topological polar surface area (TPSA) is 40.9 Å². The Kier molecular flexibility index (Phi) is 8.60. The molecule has 0 saturated heterocycles. The second kappa shape index (κ2) is 11.8. The fourth-order valence-electron chi connectivity index (χ4n) is 6.32. The number of carbonyl (C=O) groups is 1. The van der Waals surface area contributed by atoms with Crippen molar-refractivity contribution in [2.24, 2.45) is 11.3 Å². The van der Waals surface area contributed by atoms with Crippen LogP contribution < -0.4 is 0 Å². The average molecular weight is 456 g/mol. The SMILES string of the molecule is CCCCCCCc1ccc(-c2ccc([C@H]3CC[C@@](C#N)([C@@H]4CCCC(=O)C4)CC3)cc2)cc1. The van der Waals surface area contributed by atoms with Crippen molar-refractivity contribution in [3.8, 4) is 17.2 Å². The summed E-state index contributed by atoms with van der Waals surface area (Å²) in [6.45, 7) is 2.27. The normalized spacial score (nSPS) is 25.1. The van der Waals surface area contributed by atoms with Gasteiger partial charge in [0.15, 0.2) is 0 Å². The summed E-state index contributed by atoms with van der Waals surface area (Å²) in [6.07, 6.45) is 15.2. The maximum atomic E-state index is 12.0. The maximum absolute atomic E-state index is 12.0. The summed E-state index contributed by atoms with van der Waals surface area (Å²) in [5.74, 6) is 1.18. The number of hydrogen-bond acceptors (Lipinski definition) is 2. The smallest absolute Gasteiger partial charge is 0.133 e. The maximum Gasteiger partial charge on any atom is 0.133 e. The Bertz CT molecular complexity index is 958. The second-order valence-electron chi connectivity index (χ2n) is 10.9. The van der Waals surface area contributed by atoms with Crippen LogP contribution in [0.1, 0.15) is 107 Å². The molecular weight excluding hydrogens is 414 g/mol. The first kappa shape index (κ1) is 24.7. The van der Waals surface area contributed by atoms with Crippen molar-refractivity contribution in [3.63, 3.8) is 0 Å². The lowest BCUT2D eigenvalue weighted by Gasteiger charge is -2.42. The first-order chi connectivity index (χ1) is 16.6. The van der Waals surface area contributed by atoms with Gasteiger partial charge in [-0.2, -0.15) is 5.26 Å². The number of nitrogens with zero attached hydrogens (tertiary/aromatic N) is 1. The van der Waals surface area contributed by atoms with Crippen molar-refractivity contribution in [2.45, 2.75) is 103 Å². The van der Waals surface area contributed by atoms with Crippen LogP contribution in [0.15, 0.2) is 48.5 Å². The van der Waals surface area contributed by atoms with E-state index in [2.05, 4.69) is 61.5 Å². The summed E-state index contributed by atoms with van der Waals surface area (Å²) < 4.78 is 0. The van der Waals surface area contributed by atoms with Gasteiger partial charge in [0, 0.05) is 12.8 Å². The van der Waals surface area contributed by atoms with Gasteiger partial charge in [0.25, 0.3) is 0 Å². The predicted molar refractivity (Wildman–Crippen MR) is 141 cm³/mol. The van der Waals surface area contributed by atoms with Gasteiger partial charge in [-0.05, 0) is 85.5 Å². The van der Waals surface area contributed by atoms with Crippen molar-refractivity contribution in [2.75, 3.05) is 0 Å². The van der Waals surface area contributed by atoms with E-state index in [9.17, 15) is 10.1 Å². The molecule has 0 heterocycles. The van der Waals surface area contributed by atoms with Crippen molar-refractivity contribution in [1.82, 2.24) is 0 Å². The van der Waals surface area contributed by atoms with Crippen molar-refractivity contribution in [1.29, 1.82) is 5.26 Å². The highest BCUT2D eigenvalue weighted by molar-refractivity contribution is 5.79. The number of nitriles is 1. The van der Waals surface area contributed by atoms with Gasteiger partial charge in [0.05, 0.1) is 11.5 Å². The van der Waals surface area contributed by atoms with Gasteiger partial charge in [0.2, 0.25) is 0 Å². The van der Waals surface area contributed by atoms with Crippen LogP contribution in [0, 0.1) is 22.7 Å². The molecule has 2 saturated carbocycles. The fourth-order valence-corrected chi connectivity index (χ4v) is 6.32. The lowest BCUT2D eigenvalue weighted by molar-refractivity contribution is -0.123. The van der Waals surface area contributed by atoms with Crippen LogP contribution in [-0.4, -0.2) is 5.78 Å². The zero-order valence-corrected chi connectivity index (χ0v) is 21.0. The molecule has 2 heteroatoms. The summed E-state index contributed by atoms with van der Waals surface area (Å²) in [5, 5.41) is 10.0. The second-order valence-corrected chi connectivity index (χ2v) is 10.9. The molecule has 2 fully saturated rings. The van der Waals surface area contributed by atoms with E-state index in [-0.39, 0.29) is 11.3 Å². The van der Waals surface area contributed by atoms with Crippen LogP contribution in [0.3, 0.4) is 0 Å². The summed E-state index contributed by atoms with van der Waals surface area (Å²) in [6, 6.07) is 20.9. The molecule has 0 radical (unpaired) electrons. The number of benzene rings is 2. The molecule has 0 spiro atoms. The molecule has 0 N–H and O–H groups in total. The van der Waals surface area contributed by atoms with Gasteiger partial charge < -0.3 is 0 Å². The molecule has 2 aromatic carbocycles. The number of carbonyl (C=O) groups excluding carboxylic acids is 1. The number of unbranched alkanes of at least 4 members (excludes halogenated alkanes) is 4. The molecule has 0 bridgehead atoms. The monoisotopic (exact) mass is 455 g/mol. The molecular formula is C32H41NO. The number of ketones is 1. The quantitative estimate of drug-likeness (QED) is 0.354. The molecule has 2 aromatic rings. The van der Waals surface area contributed by atoms with Gasteiger partial charge in [-0.1, -0.05) is 81.1 Å². The molecule has 0 aromatic heterocycles. The molecule has 2 nitrogen and oxygen atoms in total. The lowest BCUT2D eigenvalue weighted by Crippen LogP contribution is -2.36. The first-order valence-corrected chi connectivity index (χ1v) is 13.8. The molecule has 0 amide bonds. The molecule has 1 atom stereocenters. The van der Waals surface area contributed by atoms with Gasteiger partial charge in [0.1, 0.15) is 5.78 Å². The van der Waals surface area contributed by atoms with E-state index >= 15 is 0 Å². The Morgan fingerprint density at radius 1 is 0.882 bits per heavy atom. The van der Waals surface area contributed by atoms with Crippen molar-refractivity contribution in [3.05, 3.63) is 59.7 Å². The third-order valence-corrected chi connectivity index (χ3v) is 8.60. The van der Waals surface area contributed by atoms with E-state index in [1.165, 1.54) is 60.8 Å². The highest BCUT2D eigenvalue weighted by Gasteiger charge is 2.43. The Morgan fingerprint density at radius 2 is 1.53 bits per heavy atom. The minimum absolute atomic E-state index is 0.274. The Morgan fingerprint density at radius 3 is 2.15 bits per heavy atom. The Balaban J connectivity index is 1.32. The zero-order chi connectivity index (χ0) is 23.8. The summed E-state index contributed by atoms with van der Waals surface area (Å²) in [7, 11) is 0. The van der Waals surface area contributed by atoms with Crippen LogP contribution in [0.2, 0.25) is 0 Å². The van der Waals surface area contributed by atoms with Crippen LogP contribution in [0.25, 0.3) is 11.1 Å². The van der Waals surface area contributed by atoms with Crippen LogP contribution in [-0.2, 0) is 11.2 Å².